The Hall–Kier alpha value is -2.24. The Morgan fingerprint density at radius 2 is 1.91 bits per heavy atom. The Balaban J connectivity index is 2.35. The summed E-state index contributed by atoms with van der Waals surface area (Å²) in [6.07, 6.45) is 1.39. The van der Waals surface area contributed by atoms with Gasteiger partial charge in [0, 0.05) is 24.8 Å². The number of halogens is 2. The summed E-state index contributed by atoms with van der Waals surface area (Å²) in [6, 6.07) is 7.13. The van der Waals surface area contributed by atoms with Gasteiger partial charge in [0.15, 0.2) is 0 Å². The molecular weight excluding hydrogens is 327 g/mol. The number of phenols is 2. The zero-order chi connectivity index (χ0) is 16.3. The highest BCUT2D eigenvalue weighted by Gasteiger charge is 2.08. The van der Waals surface area contributed by atoms with Gasteiger partial charge in [0.05, 0.1) is 21.4 Å². The molecule has 7 heteroatoms. The molecule has 114 valence electrons. The van der Waals surface area contributed by atoms with Crippen molar-refractivity contribution in [2.45, 2.75) is 6.92 Å². The third kappa shape index (κ3) is 3.90. The second-order valence-corrected chi connectivity index (χ2v) is 5.28. The lowest BCUT2D eigenvalue weighted by atomic mass is 10.2. The van der Waals surface area contributed by atoms with E-state index in [2.05, 4.69) is 10.3 Å². The van der Waals surface area contributed by atoms with Crippen molar-refractivity contribution in [3.63, 3.8) is 0 Å². The number of amides is 1. The number of aliphatic imine (C=N–C) groups is 1. The van der Waals surface area contributed by atoms with Crippen LogP contribution in [-0.4, -0.2) is 22.3 Å². The molecule has 2 aromatic carbocycles. The van der Waals surface area contributed by atoms with Gasteiger partial charge in [-0.05, 0) is 24.3 Å². The minimum atomic E-state index is -0.268. The van der Waals surface area contributed by atoms with Gasteiger partial charge in [-0.2, -0.15) is 0 Å². The lowest BCUT2D eigenvalue weighted by Gasteiger charge is -2.07. The highest BCUT2D eigenvalue weighted by Crippen LogP contribution is 2.34. The van der Waals surface area contributed by atoms with Gasteiger partial charge in [-0.3, -0.25) is 9.79 Å². The first-order valence-corrected chi connectivity index (χ1v) is 6.95. The molecule has 0 saturated carbocycles. The van der Waals surface area contributed by atoms with E-state index in [9.17, 15) is 15.0 Å². The molecule has 0 aromatic heterocycles. The number of phenolic OH excluding ortho intramolecular Hbond substituents is 2. The third-order valence-electron chi connectivity index (χ3n) is 2.70. The van der Waals surface area contributed by atoms with Crippen LogP contribution in [0.4, 0.5) is 11.4 Å². The van der Waals surface area contributed by atoms with Crippen LogP contribution in [0.5, 0.6) is 11.5 Å². The monoisotopic (exact) mass is 338 g/mol. The normalized spacial score (nSPS) is 10.9. The van der Waals surface area contributed by atoms with Crippen molar-refractivity contribution in [2.75, 3.05) is 5.32 Å². The molecule has 0 heterocycles. The molecule has 0 bridgehead atoms. The van der Waals surface area contributed by atoms with Crippen LogP contribution in [0, 0.1) is 0 Å². The Kier molecular flexibility index (Phi) is 4.90. The van der Waals surface area contributed by atoms with Gasteiger partial charge in [0.25, 0.3) is 0 Å². The van der Waals surface area contributed by atoms with E-state index in [1.165, 1.54) is 43.5 Å². The quantitative estimate of drug-likeness (QED) is 0.736. The number of hydrogen-bond donors (Lipinski definition) is 3. The van der Waals surface area contributed by atoms with Gasteiger partial charge in [-0.25, -0.2) is 0 Å². The summed E-state index contributed by atoms with van der Waals surface area (Å²) in [7, 11) is 0. The number of nitrogens with one attached hydrogen (secondary N) is 1. The van der Waals surface area contributed by atoms with Gasteiger partial charge in [-0.15, -0.1) is 0 Å². The number of anilines is 1. The standard InChI is InChI=1S/C15H12Cl2N2O3/c1-8(20)19-14-6-13(11(16)5-12(14)17)18-7-9-2-3-10(21)4-15(9)22/h2-7,21-22H,1H3,(H,19,20). The topological polar surface area (TPSA) is 81.9 Å². The first-order valence-electron chi connectivity index (χ1n) is 6.19. The van der Waals surface area contributed by atoms with Crippen molar-refractivity contribution >= 4 is 46.7 Å². The molecule has 0 radical (unpaired) electrons. The van der Waals surface area contributed by atoms with Gasteiger partial charge in [-0.1, -0.05) is 23.2 Å². The highest BCUT2D eigenvalue weighted by molar-refractivity contribution is 6.38. The molecule has 5 nitrogen and oxygen atoms in total. The van der Waals surface area contributed by atoms with Crippen LogP contribution in [0.1, 0.15) is 12.5 Å². The molecule has 0 saturated heterocycles. The molecule has 0 fully saturated rings. The SMILES string of the molecule is CC(=O)Nc1cc(N=Cc2ccc(O)cc2O)c(Cl)cc1Cl. The third-order valence-corrected chi connectivity index (χ3v) is 3.32. The molecule has 0 aliphatic rings. The number of aromatic hydroxyl groups is 2. The van der Waals surface area contributed by atoms with Crippen molar-refractivity contribution in [3.05, 3.63) is 45.9 Å². The second kappa shape index (κ2) is 6.68. The molecule has 22 heavy (non-hydrogen) atoms. The van der Waals surface area contributed by atoms with Crippen LogP contribution in [0.25, 0.3) is 0 Å². The molecule has 1 amide bonds. The van der Waals surface area contributed by atoms with E-state index < -0.39 is 0 Å². The van der Waals surface area contributed by atoms with Gasteiger partial charge in [0.1, 0.15) is 11.5 Å². The summed E-state index contributed by atoms with van der Waals surface area (Å²) in [6.45, 7) is 1.36. The van der Waals surface area contributed by atoms with E-state index in [0.717, 1.165) is 0 Å². The Bertz CT molecular complexity index is 761. The van der Waals surface area contributed by atoms with Crippen molar-refractivity contribution in [1.29, 1.82) is 0 Å². The number of benzene rings is 2. The number of nitrogens with zero attached hydrogens (tertiary/aromatic N) is 1. The maximum atomic E-state index is 11.1. The van der Waals surface area contributed by atoms with Crippen LogP contribution < -0.4 is 5.32 Å². The first kappa shape index (κ1) is 16.1. The molecule has 0 unspecified atom stereocenters. The fraction of sp³-hybridized carbons (Fsp3) is 0.0667. The Labute approximate surface area is 136 Å². The number of carbonyl (C=O) groups is 1. The van der Waals surface area contributed by atoms with Crippen molar-refractivity contribution in [2.24, 2.45) is 4.99 Å². The molecule has 0 atom stereocenters. The van der Waals surface area contributed by atoms with E-state index in [1.807, 2.05) is 0 Å². The molecule has 2 rings (SSSR count). The zero-order valence-electron chi connectivity index (χ0n) is 11.5. The summed E-state index contributed by atoms with van der Waals surface area (Å²) in [5, 5.41) is 22.1. The van der Waals surface area contributed by atoms with E-state index in [0.29, 0.717) is 27.0 Å². The molecule has 0 spiro atoms. The average Bonchev–Trinajstić information content (AvgIpc) is 2.41. The summed E-state index contributed by atoms with van der Waals surface area (Å²) in [5.41, 5.74) is 1.17. The Morgan fingerprint density at radius 3 is 2.55 bits per heavy atom. The number of hydrogen-bond acceptors (Lipinski definition) is 4. The second-order valence-electron chi connectivity index (χ2n) is 4.47. The van der Waals surface area contributed by atoms with Crippen molar-refractivity contribution in [1.82, 2.24) is 0 Å². The zero-order valence-corrected chi connectivity index (χ0v) is 13.0. The number of carbonyl (C=O) groups excluding carboxylic acids is 1. The minimum absolute atomic E-state index is 0.0490. The fourth-order valence-corrected chi connectivity index (χ4v) is 2.18. The summed E-state index contributed by atoms with van der Waals surface area (Å²) >= 11 is 12.0. The fourth-order valence-electron chi connectivity index (χ4n) is 1.70. The average molecular weight is 339 g/mol. The van der Waals surface area contributed by atoms with Crippen LogP contribution >= 0.6 is 23.2 Å². The maximum absolute atomic E-state index is 11.1. The van der Waals surface area contributed by atoms with Gasteiger partial charge < -0.3 is 15.5 Å². The molecular formula is C15H12Cl2N2O3. The highest BCUT2D eigenvalue weighted by atomic mass is 35.5. The first-order chi connectivity index (χ1) is 10.4. The van der Waals surface area contributed by atoms with Crippen LogP contribution in [0.2, 0.25) is 10.0 Å². The van der Waals surface area contributed by atoms with E-state index in [4.69, 9.17) is 23.2 Å². The predicted octanol–water partition coefficient (Wildman–Crippen LogP) is 4.11. The lowest BCUT2D eigenvalue weighted by Crippen LogP contribution is -2.06. The van der Waals surface area contributed by atoms with Gasteiger partial charge >= 0.3 is 0 Å². The van der Waals surface area contributed by atoms with E-state index >= 15 is 0 Å². The predicted molar refractivity (Wildman–Crippen MR) is 87.8 cm³/mol. The van der Waals surface area contributed by atoms with Crippen LogP contribution in [0.15, 0.2) is 35.3 Å². The maximum Gasteiger partial charge on any atom is 0.221 e. The van der Waals surface area contributed by atoms with E-state index in [1.54, 1.807) is 0 Å². The van der Waals surface area contributed by atoms with Gasteiger partial charge in [0.2, 0.25) is 5.91 Å². The van der Waals surface area contributed by atoms with Crippen LogP contribution in [0.3, 0.4) is 0 Å². The summed E-state index contributed by atoms with van der Waals surface area (Å²) in [5.74, 6) is -0.432. The Morgan fingerprint density at radius 1 is 1.18 bits per heavy atom. The molecule has 0 aliphatic carbocycles. The largest absolute Gasteiger partial charge is 0.508 e. The summed E-state index contributed by atoms with van der Waals surface area (Å²) in [4.78, 5) is 15.3. The smallest absolute Gasteiger partial charge is 0.221 e. The van der Waals surface area contributed by atoms with E-state index in [-0.39, 0.29) is 17.4 Å². The molecule has 0 aliphatic heterocycles. The summed E-state index contributed by atoms with van der Waals surface area (Å²) < 4.78 is 0. The van der Waals surface area contributed by atoms with Crippen LogP contribution in [-0.2, 0) is 4.79 Å². The minimum Gasteiger partial charge on any atom is -0.508 e. The van der Waals surface area contributed by atoms with Crippen molar-refractivity contribution in [3.8, 4) is 11.5 Å². The molecule has 2 aromatic rings. The lowest BCUT2D eigenvalue weighted by molar-refractivity contribution is -0.114. The molecule has 3 N–H and O–H groups in total. The van der Waals surface area contributed by atoms with Crippen molar-refractivity contribution < 1.29 is 15.0 Å². The number of rotatable bonds is 3.